The van der Waals surface area contributed by atoms with Crippen LogP contribution in [-0.4, -0.2) is 24.3 Å². The maximum absolute atomic E-state index is 11.7. The van der Waals surface area contributed by atoms with Gasteiger partial charge < -0.3 is 5.32 Å². The van der Waals surface area contributed by atoms with Crippen molar-refractivity contribution in [3.8, 4) is 0 Å². The van der Waals surface area contributed by atoms with Gasteiger partial charge in [0.2, 0.25) is 10.0 Å². The van der Waals surface area contributed by atoms with E-state index in [9.17, 15) is 13.2 Å². The van der Waals surface area contributed by atoms with Gasteiger partial charge in [-0.2, -0.15) is 0 Å². The molecule has 0 spiro atoms. The molecule has 0 unspecified atom stereocenters. The molecule has 1 aromatic carbocycles. The molecule has 20 heavy (non-hydrogen) atoms. The Morgan fingerprint density at radius 1 is 1.30 bits per heavy atom. The van der Waals surface area contributed by atoms with Crippen LogP contribution in [0.1, 0.15) is 16.1 Å². The Morgan fingerprint density at radius 3 is 2.75 bits per heavy atom. The van der Waals surface area contributed by atoms with Gasteiger partial charge in [0.05, 0.1) is 11.1 Å². The van der Waals surface area contributed by atoms with Crippen LogP contribution < -0.4 is 10.5 Å². The van der Waals surface area contributed by atoms with E-state index in [-0.39, 0.29) is 23.0 Å². The average Bonchev–Trinajstić information content (AvgIpc) is 2.45. The highest BCUT2D eigenvalue weighted by molar-refractivity contribution is 7.89. The number of sulfonamides is 1. The summed E-state index contributed by atoms with van der Waals surface area (Å²) >= 11 is 0. The van der Waals surface area contributed by atoms with E-state index in [1.165, 1.54) is 30.7 Å². The summed E-state index contributed by atoms with van der Waals surface area (Å²) in [6.07, 6.45) is 4.22. The second-order valence-corrected chi connectivity index (χ2v) is 5.53. The zero-order valence-corrected chi connectivity index (χ0v) is 11.2. The van der Waals surface area contributed by atoms with Crippen LogP contribution in [0.25, 0.3) is 0 Å². The van der Waals surface area contributed by atoms with Gasteiger partial charge in [0.25, 0.3) is 5.91 Å². The van der Waals surface area contributed by atoms with E-state index in [0.717, 1.165) is 0 Å². The molecule has 2 aromatic rings. The second kappa shape index (κ2) is 5.76. The summed E-state index contributed by atoms with van der Waals surface area (Å²) in [5.74, 6) is -0.390. The van der Waals surface area contributed by atoms with Crippen molar-refractivity contribution in [2.24, 2.45) is 5.14 Å². The maximum Gasteiger partial charge on any atom is 0.271 e. The third-order valence-electron chi connectivity index (χ3n) is 2.48. The number of aromatic nitrogens is 2. The molecule has 0 radical (unpaired) electrons. The zero-order chi connectivity index (χ0) is 14.6. The molecule has 0 saturated carbocycles. The highest BCUT2D eigenvalue weighted by Crippen LogP contribution is 2.09. The van der Waals surface area contributed by atoms with E-state index >= 15 is 0 Å². The lowest BCUT2D eigenvalue weighted by Gasteiger charge is -2.06. The van der Waals surface area contributed by atoms with Gasteiger partial charge in [-0.1, -0.05) is 12.1 Å². The maximum atomic E-state index is 11.7. The van der Waals surface area contributed by atoms with Crippen molar-refractivity contribution >= 4 is 15.9 Å². The van der Waals surface area contributed by atoms with E-state index in [1.807, 2.05) is 0 Å². The molecule has 0 aliphatic carbocycles. The normalized spacial score (nSPS) is 11.1. The minimum Gasteiger partial charge on any atom is -0.347 e. The molecule has 1 amide bonds. The number of nitrogens with two attached hydrogens (primary N) is 1. The van der Waals surface area contributed by atoms with Crippen LogP contribution in [0, 0.1) is 0 Å². The number of rotatable bonds is 4. The Kier molecular flexibility index (Phi) is 4.06. The lowest BCUT2D eigenvalue weighted by Crippen LogP contribution is -2.24. The molecule has 8 heteroatoms. The first-order valence-corrected chi connectivity index (χ1v) is 7.17. The molecule has 3 N–H and O–H groups in total. The molecule has 1 aromatic heterocycles. The molecule has 0 saturated heterocycles. The first-order chi connectivity index (χ1) is 9.47. The van der Waals surface area contributed by atoms with Crippen LogP contribution in [0.15, 0.2) is 47.8 Å². The molecule has 0 bridgehead atoms. The SMILES string of the molecule is NS(=O)(=O)c1cccc(CNC(=O)c2cnccn2)c1. The fourth-order valence-electron chi connectivity index (χ4n) is 1.52. The molecule has 0 aliphatic rings. The fraction of sp³-hybridized carbons (Fsp3) is 0.0833. The Labute approximate surface area is 115 Å². The Morgan fingerprint density at radius 2 is 2.10 bits per heavy atom. The minimum atomic E-state index is -3.75. The van der Waals surface area contributed by atoms with E-state index < -0.39 is 10.0 Å². The van der Waals surface area contributed by atoms with E-state index in [4.69, 9.17) is 5.14 Å². The monoisotopic (exact) mass is 292 g/mol. The van der Waals surface area contributed by atoms with Gasteiger partial charge in [-0.15, -0.1) is 0 Å². The first-order valence-electron chi connectivity index (χ1n) is 5.63. The van der Waals surface area contributed by atoms with Crippen LogP contribution in [0.2, 0.25) is 0 Å². The van der Waals surface area contributed by atoms with Gasteiger partial charge in [0, 0.05) is 18.9 Å². The van der Waals surface area contributed by atoms with E-state index in [0.29, 0.717) is 5.56 Å². The average molecular weight is 292 g/mol. The van der Waals surface area contributed by atoms with Crippen LogP contribution in [0.5, 0.6) is 0 Å². The third-order valence-corrected chi connectivity index (χ3v) is 3.39. The van der Waals surface area contributed by atoms with Gasteiger partial charge in [0.15, 0.2) is 0 Å². The molecule has 0 aliphatic heterocycles. The first kappa shape index (κ1) is 14.1. The number of benzene rings is 1. The predicted molar refractivity (Wildman–Crippen MR) is 71.0 cm³/mol. The lowest BCUT2D eigenvalue weighted by atomic mass is 10.2. The molecule has 2 rings (SSSR count). The second-order valence-electron chi connectivity index (χ2n) is 3.97. The summed E-state index contributed by atoms with van der Waals surface area (Å²) in [6, 6.07) is 6.05. The smallest absolute Gasteiger partial charge is 0.271 e. The topological polar surface area (TPSA) is 115 Å². The van der Waals surface area contributed by atoms with Crippen molar-refractivity contribution < 1.29 is 13.2 Å². The van der Waals surface area contributed by atoms with Gasteiger partial charge in [-0.25, -0.2) is 18.5 Å². The van der Waals surface area contributed by atoms with Crippen molar-refractivity contribution in [3.63, 3.8) is 0 Å². The molecule has 104 valence electrons. The van der Waals surface area contributed by atoms with Gasteiger partial charge in [-0.3, -0.25) is 9.78 Å². The van der Waals surface area contributed by atoms with E-state index in [2.05, 4.69) is 15.3 Å². The summed E-state index contributed by atoms with van der Waals surface area (Å²) < 4.78 is 22.4. The standard InChI is InChI=1S/C12H12N4O3S/c13-20(18,19)10-3-1-2-9(6-10)7-16-12(17)11-8-14-4-5-15-11/h1-6,8H,7H2,(H,16,17)(H2,13,18,19). The van der Waals surface area contributed by atoms with Gasteiger partial charge in [-0.05, 0) is 17.7 Å². The summed E-state index contributed by atoms with van der Waals surface area (Å²) in [4.78, 5) is 19.4. The number of carbonyl (C=O) groups is 1. The van der Waals surface area contributed by atoms with Gasteiger partial charge >= 0.3 is 0 Å². The highest BCUT2D eigenvalue weighted by Gasteiger charge is 2.09. The fourth-order valence-corrected chi connectivity index (χ4v) is 2.11. The number of nitrogens with zero attached hydrogens (tertiary/aromatic N) is 2. The molecule has 1 heterocycles. The van der Waals surface area contributed by atoms with Crippen molar-refractivity contribution in [3.05, 3.63) is 54.1 Å². The van der Waals surface area contributed by atoms with Crippen molar-refractivity contribution in [1.29, 1.82) is 0 Å². The summed E-state index contributed by atoms with van der Waals surface area (Å²) in [6.45, 7) is 0.165. The highest BCUT2D eigenvalue weighted by atomic mass is 32.2. The largest absolute Gasteiger partial charge is 0.347 e. The summed E-state index contributed by atoms with van der Waals surface area (Å²) in [5, 5.41) is 7.66. The lowest BCUT2D eigenvalue weighted by molar-refractivity contribution is 0.0945. The molecule has 0 atom stereocenters. The Hall–Kier alpha value is -2.32. The summed E-state index contributed by atoms with van der Waals surface area (Å²) in [7, 11) is -3.75. The number of primary sulfonamides is 1. The predicted octanol–water partition coefficient (Wildman–Crippen LogP) is 0.0540. The molecular weight excluding hydrogens is 280 g/mol. The van der Waals surface area contributed by atoms with Crippen LogP contribution >= 0.6 is 0 Å². The zero-order valence-electron chi connectivity index (χ0n) is 10.4. The number of amides is 1. The summed E-state index contributed by atoms with van der Waals surface area (Å²) in [5.41, 5.74) is 0.809. The quantitative estimate of drug-likeness (QED) is 0.826. The molecule has 7 nitrogen and oxygen atoms in total. The number of carbonyl (C=O) groups excluding carboxylic acids is 1. The van der Waals surface area contributed by atoms with Crippen molar-refractivity contribution in [2.45, 2.75) is 11.4 Å². The van der Waals surface area contributed by atoms with Crippen molar-refractivity contribution in [1.82, 2.24) is 15.3 Å². The Bertz CT molecular complexity index is 716. The molecular formula is C12H12N4O3S. The minimum absolute atomic E-state index is 0.00347. The van der Waals surface area contributed by atoms with Crippen LogP contribution in [0.3, 0.4) is 0 Å². The Balaban J connectivity index is 2.07. The van der Waals surface area contributed by atoms with Crippen LogP contribution in [-0.2, 0) is 16.6 Å². The van der Waals surface area contributed by atoms with Gasteiger partial charge in [0.1, 0.15) is 5.69 Å². The number of hydrogen-bond acceptors (Lipinski definition) is 5. The molecule has 0 fully saturated rings. The van der Waals surface area contributed by atoms with Crippen LogP contribution in [0.4, 0.5) is 0 Å². The number of hydrogen-bond donors (Lipinski definition) is 2. The van der Waals surface area contributed by atoms with Crippen molar-refractivity contribution in [2.75, 3.05) is 0 Å². The van der Waals surface area contributed by atoms with E-state index in [1.54, 1.807) is 12.1 Å². The third kappa shape index (κ3) is 3.59. The number of nitrogens with one attached hydrogen (secondary N) is 1.